The summed E-state index contributed by atoms with van der Waals surface area (Å²) in [6, 6.07) is 16.3. The Bertz CT molecular complexity index is 1020. The summed E-state index contributed by atoms with van der Waals surface area (Å²) in [4.78, 5) is 28.0. The van der Waals surface area contributed by atoms with Gasteiger partial charge in [0.1, 0.15) is 12.4 Å². The first kappa shape index (κ1) is 21.8. The van der Waals surface area contributed by atoms with E-state index < -0.39 is 6.29 Å². The topological polar surface area (TPSA) is 74.3 Å². The van der Waals surface area contributed by atoms with Crippen LogP contribution in [-0.2, 0) is 23.7 Å². The van der Waals surface area contributed by atoms with Crippen LogP contribution in [-0.4, -0.2) is 68.2 Å². The van der Waals surface area contributed by atoms with Crippen molar-refractivity contribution in [3.05, 3.63) is 59.7 Å². The molecule has 0 aromatic heterocycles. The predicted molar refractivity (Wildman–Crippen MR) is 123 cm³/mol. The van der Waals surface area contributed by atoms with Gasteiger partial charge in [-0.2, -0.15) is 0 Å². The van der Waals surface area contributed by atoms with E-state index in [2.05, 4.69) is 24.3 Å². The Morgan fingerprint density at radius 2 is 1.47 bits per heavy atom. The molecule has 2 aromatic rings. The molecular weight excluding hydrogens is 434 g/mol. The Morgan fingerprint density at radius 3 is 2.09 bits per heavy atom. The van der Waals surface area contributed by atoms with Crippen molar-refractivity contribution < 1.29 is 28.5 Å². The molecule has 2 unspecified atom stereocenters. The lowest BCUT2D eigenvalue weighted by atomic mass is 9.82. The molecule has 4 aliphatic rings. The summed E-state index contributed by atoms with van der Waals surface area (Å²) >= 11 is 0. The van der Waals surface area contributed by atoms with E-state index in [1.807, 2.05) is 29.2 Å². The Labute approximate surface area is 198 Å². The average molecular weight is 464 g/mol. The van der Waals surface area contributed by atoms with Gasteiger partial charge in [-0.25, -0.2) is 4.79 Å². The highest BCUT2D eigenvalue weighted by Gasteiger charge is 2.45. The van der Waals surface area contributed by atoms with Crippen LogP contribution in [0.2, 0.25) is 0 Å². The molecule has 0 radical (unpaired) electrons. The number of morpholine rings is 1. The van der Waals surface area contributed by atoms with Crippen LogP contribution >= 0.6 is 0 Å². The fourth-order valence-corrected chi connectivity index (χ4v) is 6.00. The van der Waals surface area contributed by atoms with Crippen molar-refractivity contribution in [2.24, 2.45) is 5.92 Å². The van der Waals surface area contributed by atoms with Gasteiger partial charge in [0.15, 0.2) is 6.29 Å². The van der Waals surface area contributed by atoms with E-state index in [1.54, 1.807) is 0 Å². The zero-order valence-electron chi connectivity index (χ0n) is 19.1. The van der Waals surface area contributed by atoms with Gasteiger partial charge in [0.2, 0.25) is 0 Å². The van der Waals surface area contributed by atoms with E-state index in [0.717, 1.165) is 0 Å². The van der Waals surface area contributed by atoms with E-state index >= 15 is 0 Å². The van der Waals surface area contributed by atoms with Crippen LogP contribution in [0.3, 0.4) is 0 Å². The summed E-state index contributed by atoms with van der Waals surface area (Å²) < 4.78 is 22.6. The fourth-order valence-electron chi connectivity index (χ4n) is 6.00. The van der Waals surface area contributed by atoms with Crippen LogP contribution in [0.1, 0.15) is 36.3 Å². The summed E-state index contributed by atoms with van der Waals surface area (Å²) in [5, 5.41) is 0. The number of hydrogen-bond acceptors (Lipinski definition) is 6. The number of carbonyl (C=O) groups excluding carboxylic acids is 2. The Hall–Kier alpha value is -2.74. The molecule has 3 saturated heterocycles. The van der Waals surface area contributed by atoms with Crippen molar-refractivity contribution in [3.63, 3.8) is 0 Å². The zero-order valence-corrected chi connectivity index (χ0v) is 19.1. The maximum atomic E-state index is 13.3. The number of ether oxygens (including phenoxy) is 4. The van der Waals surface area contributed by atoms with Crippen LogP contribution in [0.5, 0.6) is 0 Å². The SMILES string of the molecule is O=C(CC1OCCO1)C1CC2COCC(C1)N2C(=O)OCC1c2ccccc2-c2ccccc21. The van der Waals surface area contributed by atoms with Crippen molar-refractivity contribution in [2.75, 3.05) is 33.0 Å². The Morgan fingerprint density at radius 1 is 0.882 bits per heavy atom. The Balaban J connectivity index is 1.13. The van der Waals surface area contributed by atoms with Gasteiger partial charge in [0.25, 0.3) is 0 Å². The molecule has 2 aromatic carbocycles. The van der Waals surface area contributed by atoms with Crippen LogP contribution in [0.25, 0.3) is 11.1 Å². The first-order chi connectivity index (χ1) is 16.7. The quantitative estimate of drug-likeness (QED) is 0.673. The summed E-state index contributed by atoms with van der Waals surface area (Å²) in [6.45, 7) is 2.23. The van der Waals surface area contributed by atoms with Crippen LogP contribution in [0.15, 0.2) is 48.5 Å². The van der Waals surface area contributed by atoms with Gasteiger partial charge in [-0.1, -0.05) is 48.5 Å². The molecule has 0 saturated carbocycles. The summed E-state index contributed by atoms with van der Waals surface area (Å²) in [7, 11) is 0. The largest absolute Gasteiger partial charge is 0.448 e. The molecule has 3 aliphatic heterocycles. The molecule has 7 heteroatoms. The van der Waals surface area contributed by atoms with E-state index in [0.29, 0.717) is 45.9 Å². The van der Waals surface area contributed by atoms with Crippen LogP contribution in [0, 0.1) is 5.92 Å². The standard InChI is InChI=1S/C27H29NO6/c29-25(13-26-32-9-10-33-26)17-11-18-14-31-15-19(12-17)28(18)27(30)34-16-24-22-7-3-1-5-20(22)21-6-2-4-8-23(21)24/h1-8,17-19,24,26H,9-16H2. The zero-order chi connectivity index (χ0) is 23.1. The number of piperidine rings is 1. The van der Waals surface area contributed by atoms with Crippen molar-refractivity contribution in [3.8, 4) is 11.1 Å². The minimum Gasteiger partial charge on any atom is -0.448 e. The number of Topliss-reactive ketones (excluding diaryl/α,β-unsaturated/α-hetero) is 1. The fraction of sp³-hybridized carbons (Fsp3) is 0.481. The molecule has 3 fully saturated rings. The maximum Gasteiger partial charge on any atom is 0.410 e. The molecule has 7 nitrogen and oxygen atoms in total. The average Bonchev–Trinajstić information content (AvgIpc) is 3.47. The molecule has 178 valence electrons. The second kappa shape index (κ2) is 9.13. The number of fused-ring (bicyclic) bond motifs is 5. The highest BCUT2D eigenvalue weighted by Crippen LogP contribution is 2.44. The number of ketones is 1. The van der Waals surface area contributed by atoms with E-state index in [4.69, 9.17) is 18.9 Å². The lowest BCUT2D eigenvalue weighted by Crippen LogP contribution is -2.60. The third kappa shape index (κ3) is 3.91. The van der Waals surface area contributed by atoms with Gasteiger partial charge in [-0.05, 0) is 35.1 Å². The third-order valence-corrected chi connectivity index (χ3v) is 7.58. The lowest BCUT2D eigenvalue weighted by molar-refractivity contribution is -0.138. The molecule has 34 heavy (non-hydrogen) atoms. The molecule has 1 aliphatic carbocycles. The summed E-state index contributed by atoms with van der Waals surface area (Å²) in [6.07, 6.45) is 0.714. The summed E-state index contributed by atoms with van der Waals surface area (Å²) in [5.74, 6) is 0.0679. The number of nitrogens with zero attached hydrogens (tertiary/aromatic N) is 1. The van der Waals surface area contributed by atoms with Gasteiger partial charge < -0.3 is 18.9 Å². The second-order valence-corrected chi connectivity index (χ2v) is 9.57. The third-order valence-electron chi connectivity index (χ3n) is 7.58. The van der Waals surface area contributed by atoms with Crippen molar-refractivity contribution in [2.45, 2.75) is 43.6 Å². The van der Waals surface area contributed by atoms with Crippen molar-refractivity contribution in [1.82, 2.24) is 4.90 Å². The van der Waals surface area contributed by atoms with Crippen molar-refractivity contribution >= 4 is 11.9 Å². The maximum absolute atomic E-state index is 13.3. The molecular formula is C27H29NO6. The molecule has 0 spiro atoms. The van der Waals surface area contributed by atoms with E-state index in [-0.39, 0.29) is 42.2 Å². The molecule has 0 N–H and O–H groups in total. The minimum atomic E-state index is -0.427. The van der Waals surface area contributed by atoms with Gasteiger partial charge in [-0.3, -0.25) is 9.69 Å². The predicted octanol–water partition coefficient (Wildman–Crippen LogP) is 3.75. The Kier molecular flexibility index (Phi) is 5.85. The molecule has 1 amide bonds. The number of rotatable bonds is 5. The number of carbonyl (C=O) groups is 2. The van der Waals surface area contributed by atoms with Crippen LogP contribution < -0.4 is 0 Å². The summed E-state index contributed by atoms with van der Waals surface area (Å²) in [5.41, 5.74) is 4.80. The van der Waals surface area contributed by atoms with Gasteiger partial charge in [0, 0.05) is 11.8 Å². The number of benzene rings is 2. The lowest BCUT2D eigenvalue weighted by Gasteiger charge is -2.47. The second-order valence-electron chi connectivity index (χ2n) is 9.57. The smallest absolute Gasteiger partial charge is 0.410 e. The number of amides is 1. The van der Waals surface area contributed by atoms with Gasteiger partial charge in [0.05, 0.1) is 44.9 Å². The molecule has 6 rings (SSSR count). The van der Waals surface area contributed by atoms with Gasteiger partial charge in [-0.15, -0.1) is 0 Å². The molecule has 3 heterocycles. The van der Waals surface area contributed by atoms with E-state index in [9.17, 15) is 9.59 Å². The minimum absolute atomic E-state index is 0.0259. The highest BCUT2D eigenvalue weighted by molar-refractivity contribution is 5.82. The normalized spacial score (nSPS) is 26.2. The molecule has 2 bridgehead atoms. The molecule has 2 atom stereocenters. The highest BCUT2D eigenvalue weighted by atomic mass is 16.7. The van der Waals surface area contributed by atoms with Crippen LogP contribution in [0.4, 0.5) is 4.79 Å². The monoisotopic (exact) mass is 463 g/mol. The van der Waals surface area contributed by atoms with Crippen molar-refractivity contribution in [1.29, 1.82) is 0 Å². The van der Waals surface area contributed by atoms with Gasteiger partial charge >= 0.3 is 6.09 Å². The number of hydrogen-bond donors (Lipinski definition) is 0. The first-order valence-corrected chi connectivity index (χ1v) is 12.2. The van der Waals surface area contributed by atoms with E-state index in [1.165, 1.54) is 22.3 Å². The first-order valence-electron chi connectivity index (χ1n) is 12.2.